The second-order valence-electron chi connectivity index (χ2n) is 3.27. The van der Waals surface area contributed by atoms with Gasteiger partial charge in [0.15, 0.2) is 0 Å². The Bertz CT molecular complexity index is 624. The highest BCUT2D eigenvalue weighted by Crippen LogP contribution is 2.16. The summed E-state index contributed by atoms with van der Waals surface area (Å²) in [5.74, 6) is -0.600. The number of hydrogen-bond donors (Lipinski definition) is 2. The molecule has 0 radical (unpaired) electrons. The standard InChI is InChI=1S/C10H8N6O/c11-4-9-14-5-16(15-9)8-3-6(12)1-2-7(8)10(13)17/h1-3,5H,12H2,(H2,13,17). The van der Waals surface area contributed by atoms with Crippen molar-refractivity contribution in [1.29, 1.82) is 5.26 Å². The molecule has 0 saturated carbocycles. The Hall–Kier alpha value is -2.88. The first-order valence-electron chi connectivity index (χ1n) is 4.63. The first-order valence-corrected chi connectivity index (χ1v) is 4.63. The number of nitriles is 1. The molecule has 4 N–H and O–H groups in total. The zero-order valence-electron chi connectivity index (χ0n) is 8.66. The largest absolute Gasteiger partial charge is 0.399 e. The Morgan fingerprint density at radius 2 is 2.24 bits per heavy atom. The maximum atomic E-state index is 11.2. The van der Waals surface area contributed by atoms with Gasteiger partial charge in [0.2, 0.25) is 0 Å². The van der Waals surface area contributed by atoms with Crippen molar-refractivity contribution in [2.45, 2.75) is 0 Å². The molecule has 0 unspecified atom stereocenters. The smallest absolute Gasteiger partial charge is 0.252 e. The van der Waals surface area contributed by atoms with Gasteiger partial charge in [0.05, 0.1) is 11.3 Å². The van der Waals surface area contributed by atoms with E-state index in [0.29, 0.717) is 11.4 Å². The number of nitrogens with zero attached hydrogens (tertiary/aromatic N) is 4. The molecule has 1 heterocycles. The van der Waals surface area contributed by atoms with Crippen LogP contribution >= 0.6 is 0 Å². The van der Waals surface area contributed by atoms with Gasteiger partial charge in [-0.3, -0.25) is 4.79 Å². The second-order valence-corrected chi connectivity index (χ2v) is 3.27. The number of anilines is 1. The zero-order chi connectivity index (χ0) is 12.4. The van der Waals surface area contributed by atoms with Crippen LogP contribution in [0.3, 0.4) is 0 Å². The Balaban J connectivity index is 2.61. The van der Waals surface area contributed by atoms with Crippen LogP contribution in [0.2, 0.25) is 0 Å². The normalized spacial score (nSPS) is 9.82. The third-order valence-corrected chi connectivity index (χ3v) is 2.13. The lowest BCUT2D eigenvalue weighted by molar-refractivity contribution is 0.1000. The van der Waals surface area contributed by atoms with Gasteiger partial charge in [0.25, 0.3) is 11.7 Å². The molecular weight excluding hydrogens is 220 g/mol. The molecule has 1 aromatic heterocycles. The van der Waals surface area contributed by atoms with E-state index >= 15 is 0 Å². The molecule has 7 heteroatoms. The maximum absolute atomic E-state index is 11.2. The lowest BCUT2D eigenvalue weighted by Gasteiger charge is -2.06. The summed E-state index contributed by atoms with van der Waals surface area (Å²) < 4.78 is 1.29. The lowest BCUT2D eigenvalue weighted by atomic mass is 10.1. The molecule has 0 aliphatic heterocycles. The van der Waals surface area contributed by atoms with Gasteiger partial charge in [-0.15, -0.1) is 5.10 Å². The van der Waals surface area contributed by atoms with Crippen molar-refractivity contribution in [2.75, 3.05) is 5.73 Å². The summed E-state index contributed by atoms with van der Waals surface area (Å²) in [5.41, 5.74) is 12.0. The molecule has 1 amide bonds. The topological polar surface area (TPSA) is 124 Å². The molecule has 0 saturated heterocycles. The molecule has 0 bridgehead atoms. The van der Waals surface area contributed by atoms with Crippen molar-refractivity contribution in [3.05, 3.63) is 35.9 Å². The van der Waals surface area contributed by atoms with Crippen LogP contribution in [0.4, 0.5) is 5.69 Å². The first kappa shape index (κ1) is 10.6. The van der Waals surface area contributed by atoms with E-state index in [4.69, 9.17) is 16.7 Å². The minimum atomic E-state index is -0.603. The maximum Gasteiger partial charge on any atom is 0.252 e. The summed E-state index contributed by atoms with van der Waals surface area (Å²) in [6.07, 6.45) is 1.32. The van der Waals surface area contributed by atoms with Crippen LogP contribution in [0.5, 0.6) is 0 Å². The van der Waals surface area contributed by atoms with E-state index in [1.165, 1.54) is 23.1 Å². The fourth-order valence-corrected chi connectivity index (χ4v) is 1.38. The molecule has 0 aliphatic rings. The number of aromatic nitrogens is 3. The summed E-state index contributed by atoms with van der Waals surface area (Å²) in [5, 5.41) is 12.5. The van der Waals surface area contributed by atoms with Gasteiger partial charge < -0.3 is 11.5 Å². The summed E-state index contributed by atoms with van der Waals surface area (Å²) in [7, 11) is 0. The van der Waals surface area contributed by atoms with Crippen LogP contribution < -0.4 is 11.5 Å². The number of benzene rings is 1. The van der Waals surface area contributed by atoms with Crippen LogP contribution in [0.25, 0.3) is 5.69 Å². The summed E-state index contributed by atoms with van der Waals surface area (Å²) in [4.78, 5) is 15.0. The Labute approximate surface area is 96.3 Å². The first-order chi connectivity index (χ1) is 8.11. The van der Waals surface area contributed by atoms with Gasteiger partial charge in [-0.1, -0.05) is 0 Å². The lowest BCUT2D eigenvalue weighted by Crippen LogP contribution is -2.15. The molecule has 17 heavy (non-hydrogen) atoms. The van der Waals surface area contributed by atoms with Gasteiger partial charge >= 0.3 is 0 Å². The van der Waals surface area contributed by atoms with Gasteiger partial charge in [-0.25, -0.2) is 9.67 Å². The third kappa shape index (κ3) is 1.91. The molecule has 2 aromatic rings. The highest BCUT2D eigenvalue weighted by molar-refractivity contribution is 5.97. The van der Waals surface area contributed by atoms with E-state index in [9.17, 15) is 4.79 Å². The number of primary amides is 1. The van der Waals surface area contributed by atoms with Crippen molar-refractivity contribution in [3.8, 4) is 11.8 Å². The van der Waals surface area contributed by atoms with E-state index in [1.54, 1.807) is 12.1 Å². The van der Waals surface area contributed by atoms with E-state index in [0.717, 1.165) is 0 Å². The molecule has 0 fully saturated rings. The number of hydrogen-bond acceptors (Lipinski definition) is 5. The number of nitrogen functional groups attached to an aromatic ring is 1. The Morgan fingerprint density at radius 1 is 1.47 bits per heavy atom. The Kier molecular flexibility index (Phi) is 2.46. The SMILES string of the molecule is N#Cc1ncn(-c2cc(N)ccc2C(N)=O)n1. The third-order valence-electron chi connectivity index (χ3n) is 2.13. The molecule has 0 atom stereocenters. The average Bonchev–Trinajstić information content (AvgIpc) is 2.76. The molecule has 0 spiro atoms. The summed E-state index contributed by atoms with van der Waals surface area (Å²) in [6.45, 7) is 0. The zero-order valence-corrected chi connectivity index (χ0v) is 8.66. The highest BCUT2D eigenvalue weighted by atomic mass is 16.1. The van der Waals surface area contributed by atoms with E-state index in [1.807, 2.05) is 0 Å². The quantitative estimate of drug-likeness (QED) is 0.690. The molecule has 0 aliphatic carbocycles. The van der Waals surface area contributed by atoms with Gasteiger partial charge in [0, 0.05) is 5.69 Å². The minimum Gasteiger partial charge on any atom is -0.399 e. The highest BCUT2D eigenvalue weighted by Gasteiger charge is 2.12. The molecule has 7 nitrogen and oxygen atoms in total. The minimum absolute atomic E-state index is 0.00263. The Morgan fingerprint density at radius 3 is 2.82 bits per heavy atom. The van der Waals surface area contributed by atoms with Crippen molar-refractivity contribution >= 4 is 11.6 Å². The van der Waals surface area contributed by atoms with Crippen molar-refractivity contribution in [2.24, 2.45) is 5.73 Å². The molecule has 1 aromatic carbocycles. The number of nitrogens with two attached hydrogens (primary N) is 2. The molecule has 84 valence electrons. The van der Waals surface area contributed by atoms with Gasteiger partial charge in [-0.05, 0) is 18.2 Å². The van der Waals surface area contributed by atoms with E-state index < -0.39 is 5.91 Å². The van der Waals surface area contributed by atoms with Gasteiger partial charge in [0.1, 0.15) is 12.4 Å². The van der Waals surface area contributed by atoms with Crippen LogP contribution in [0.15, 0.2) is 24.5 Å². The molecule has 2 rings (SSSR count). The average molecular weight is 228 g/mol. The van der Waals surface area contributed by atoms with Crippen LogP contribution in [0.1, 0.15) is 16.2 Å². The fourth-order valence-electron chi connectivity index (χ4n) is 1.38. The van der Waals surface area contributed by atoms with Crippen molar-refractivity contribution in [1.82, 2.24) is 14.8 Å². The number of amides is 1. The summed E-state index contributed by atoms with van der Waals surface area (Å²) in [6, 6.07) is 6.39. The second kappa shape index (κ2) is 3.94. The number of carbonyl (C=O) groups is 1. The monoisotopic (exact) mass is 228 g/mol. The van der Waals surface area contributed by atoms with E-state index in [-0.39, 0.29) is 11.4 Å². The van der Waals surface area contributed by atoms with Crippen LogP contribution in [-0.4, -0.2) is 20.7 Å². The predicted molar refractivity (Wildman–Crippen MR) is 59.0 cm³/mol. The number of carbonyl (C=O) groups excluding carboxylic acids is 1. The molecular formula is C10H8N6O. The van der Waals surface area contributed by atoms with Crippen LogP contribution in [0, 0.1) is 11.3 Å². The van der Waals surface area contributed by atoms with Crippen LogP contribution in [-0.2, 0) is 0 Å². The fraction of sp³-hybridized carbons (Fsp3) is 0. The van der Waals surface area contributed by atoms with Crippen molar-refractivity contribution in [3.63, 3.8) is 0 Å². The van der Waals surface area contributed by atoms with Gasteiger partial charge in [-0.2, -0.15) is 5.26 Å². The van der Waals surface area contributed by atoms with E-state index in [2.05, 4.69) is 10.1 Å². The van der Waals surface area contributed by atoms with Crippen molar-refractivity contribution < 1.29 is 4.79 Å². The number of rotatable bonds is 2. The summed E-state index contributed by atoms with van der Waals surface area (Å²) >= 11 is 0. The predicted octanol–water partition coefficient (Wildman–Crippen LogP) is -0.180.